The Balaban J connectivity index is 2.74. The predicted octanol–water partition coefficient (Wildman–Crippen LogP) is 1.86. The molecule has 74 valence electrons. The zero-order valence-corrected chi connectivity index (χ0v) is 8.49. The Morgan fingerprint density at radius 3 is 2.86 bits per heavy atom. The summed E-state index contributed by atoms with van der Waals surface area (Å²) in [6.45, 7) is 4.92. The number of aliphatic hydroxyl groups is 1. The van der Waals surface area contributed by atoms with Crippen LogP contribution in [-0.4, -0.2) is 14.9 Å². The molecule has 0 spiro atoms. The molecule has 0 fully saturated rings. The van der Waals surface area contributed by atoms with Crippen molar-refractivity contribution < 1.29 is 5.11 Å². The molecule has 2 rings (SSSR count). The van der Waals surface area contributed by atoms with E-state index >= 15 is 0 Å². The quantitative estimate of drug-likeness (QED) is 0.784. The van der Waals surface area contributed by atoms with Crippen LogP contribution in [0.5, 0.6) is 0 Å². The second-order valence-electron chi connectivity index (χ2n) is 3.44. The fraction of sp³-hybridized carbons (Fsp3) is 0.364. The van der Waals surface area contributed by atoms with Crippen LogP contribution in [0.25, 0.3) is 10.9 Å². The highest BCUT2D eigenvalue weighted by molar-refractivity contribution is 5.82. The van der Waals surface area contributed by atoms with Crippen molar-refractivity contribution in [3.05, 3.63) is 29.5 Å². The minimum absolute atomic E-state index is 0.0494. The van der Waals surface area contributed by atoms with E-state index in [-0.39, 0.29) is 6.61 Å². The maximum atomic E-state index is 9.27. The highest BCUT2D eigenvalue weighted by atomic mass is 16.3. The van der Waals surface area contributed by atoms with Gasteiger partial charge in [0.15, 0.2) is 0 Å². The molecule has 0 aliphatic heterocycles. The van der Waals surface area contributed by atoms with Crippen molar-refractivity contribution in [2.45, 2.75) is 27.0 Å². The van der Waals surface area contributed by atoms with Crippen LogP contribution < -0.4 is 0 Å². The first-order valence-corrected chi connectivity index (χ1v) is 4.83. The van der Waals surface area contributed by atoms with Gasteiger partial charge in [0, 0.05) is 11.9 Å². The molecule has 0 atom stereocenters. The Kier molecular flexibility index (Phi) is 2.25. The molecule has 3 heteroatoms. The number of aliphatic hydroxyl groups excluding tert-OH is 1. The molecule has 0 amide bonds. The summed E-state index contributed by atoms with van der Waals surface area (Å²) in [6.07, 6.45) is 0. The lowest BCUT2D eigenvalue weighted by molar-refractivity contribution is 0.270. The van der Waals surface area contributed by atoms with E-state index in [0.29, 0.717) is 0 Å². The van der Waals surface area contributed by atoms with Crippen molar-refractivity contribution in [1.29, 1.82) is 0 Å². The average molecular weight is 190 g/mol. The van der Waals surface area contributed by atoms with Crippen molar-refractivity contribution in [2.75, 3.05) is 0 Å². The summed E-state index contributed by atoms with van der Waals surface area (Å²) in [5.74, 6) is 0. The van der Waals surface area contributed by atoms with Crippen molar-refractivity contribution in [3.63, 3.8) is 0 Å². The van der Waals surface area contributed by atoms with E-state index < -0.39 is 0 Å². The predicted molar refractivity (Wildman–Crippen MR) is 56.1 cm³/mol. The van der Waals surface area contributed by atoms with E-state index in [1.165, 1.54) is 5.56 Å². The number of benzene rings is 1. The molecule has 0 bridgehead atoms. The van der Waals surface area contributed by atoms with Crippen molar-refractivity contribution in [1.82, 2.24) is 9.78 Å². The second kappa shape index (κ2) is 3.42. The maximum Gasteiger partial charge on any atom is 0.0927 e. The van der Waals surface area contributed by atoms with Crippen molar-refractivity contribution >= 4 is 10.9 Å². The number of hydrogen-bond acceptors (Lipinski definition) is 2. The number of rotatable bonds is 2. The molecule has 1 aromatic carbocycles. The van der Waals surface area contributed by atoms with Gasteiger partial charge in [0.25, 0.3) is 0 Å². The van der Waals surface area contributed by atoms with E-state index in [1.807, 2.05) is 30.7 Å². The molecular formula is C11H14N2O. The summed E-state index contributed by atoms with van der Waals surface area (Å²) in [6, 6.07) is 6.10. The van der Waals surface area contributed by atoms with Gasteiger partial charge in [0.2, 0.25) is 0 Å². The van der Waals surface area contributed by atoms with Crippen molar-refractivity contribution in [2.24, 2.45) is 0 Å². The molecule has 14 heavy (non-hydrogen) atoms. The van der Waals surface area contributed by atoms with Gasteiger partial charge >= 0.3 is 0 Å². The van der Waals surface area contributed by atoms with E-state index in [2.05, 4.69) is 11.2 Å². The molecule has 2 aromatic rings. The van der Waals surface area contributed by atoms with E-state index in [1.54, 1.807) is 0 Å². The van der Waals surface area contributed by atoms with Gasteiger partial charge in [-0.3, -0.25) is 4.68 Å². The standard InChI is InChI=1S/C11H14N2O/c1-3-13-11(7-14)9-6-8(2)4-5-10(9)12-13/h4-6,14H,3,7H2,1-2H3. The molecule has 0 unspecified atom stereocenters. The fourth-order valence-electron chi connectivity index (χ4n) is 1.73. The minimum Gasteiger partial charge on any atom is -0.390 e. The maximum absolute atomic E-state index is 9.27. The summed E-state index contributed by atoms with van der Waals surface area (Å²) >= 11 is 0. The number of nitrogens with zero attached hydrogens (tertiary/aromatic N) is 2. The zero-order valence-electron chi connectivity index (χ0n) is 8.49. The van der Waals surface area contributed by atoms with Crippen LogP contribution in [0.15, 0.2) is 18.2 Å². The minimum atomic E-state index is 0.0494. The Morgan fingerprint density at radius 2 is 2.21 bits per heavy atom. The SMILES string of the molecule is CCn1nc2ccc(C)cc2c1CO. The molecule has 0 aliphatic rings. The zero-order chi connectivity index (χ0) is 10.1. The molecule has 0 saturated carbocycles. The number of hydrogen-bond donors (Lipinski definition) is 1. The number of aryl methyl sites for hydroxylation is 2. The van der Waals surface area contributed by atoms with Crippen LogP contribution >= 0.6 is 0 Å². The van der Waals surface area contributed by atoms with Crippen LogP contribution in [0.3, 0.4) is 0 Å². The Bertz CT molecular complexity index is 460. The van der Waals surface area contributed by atoms with Crippen LogP contribution in [0, 0.1) is 6.92 Å². The van der Waals surface area contributed by atoms with Gasteiger partial charge in [-0.1, -0.05) is 11.6 Å². The Hall–Kier alpha value is -1.35. The summed E-state index contributed by atoms with van der Waals surface area (Å²) < 4.78 is 1.85. The van der Waals surface area contributed by atoms with E-state index in [0.717, 1.165) is 23.1 Å². The normalized spacial score (nSPS) is 11.1. The van der Waals surface area contributed by atoms with Gasteiger partial charge in [0.05, 0.1) is 17.8 Å². The van der Waals surface area contributed by atoms with E-state index in [9.17, 15) is 5.11 Å². The molecule has 1 aromatic heterocycles. The molecule has 0 aliphatic carbocycles. The lowest BCUT2D eigenvalue weighted by Gasteiger charge is -2.00. The largest absolute Gasteiger partial charge is 0.390 e. The first-order chi connectivity index (χ1) is 6.76. The third-order valence-corrected chi connectivity index (χ3v) is 2.45. The van der Waals surface area contributed by atoms with E-state index in [4.69, 9.17) is 0 Å². The van der Waals surface area contributed by atoms with Gasteiger partial charge in [-0.25, -0.2) is 0 Å². The smallest absolute Gasteiger partial charge is 0.0927 e. The summed E-state index contributed by atoms with van der Waals surface area (Å²) in [5.41, 5.74) is 3.07. The number of fused-ring (bicyclic) bond motifs is 1. The van der Waals surface area contributed by atoms with Crippen LogP contribution in [0.4, 0.5) is 0 Å². The Labute approximate surface area is 83.0 Å². The second-order valence-corrected chi connectivity index (χ2v) is 3.44. The van der Waals surface area contributed by atoms with Crippen molar-refractivity contribution in [3.8, 4) is 0 Å². The van der Waals surface area contributed by atoms with Gasteiger partial charge in [-0.15, -0.1) is 0 Å². The fourth-order valence-corrected chi connectivity index (χ4v) is 1.73. The lowest BCUT2D eigenvalue weighted by atomic mass is 10.1. The first-order valence-electron chi connectivity index (χ1n) is 4.83. The third kappa shape index (κ3) is 1.30. The molecule has 0 saturated heterocycles. The topological polar surface area (TPSA) is 38.0 Å². The van der Waals surface area contributed by atoms with Gasteiger partial charge in [-0.2, -0.15) is 5.10 Å². The molecular weight excluding hydrogens is 176 g/mol. The Morgan fingerprint density at radius 1 is 1.43 bits per heavy atom. The molecule has 1 N–H and O–H groups in total. The van der Waals surface area contributed by atoms with Gasteiger partial charge in [-0.05, 0) is 26.0 Å². The summed E-state index contributed by atoms with van der Waals surface area (Å²) in [7, 11) is 0. The van der Waals surface area contributed by atoms with Crippen LogP contribution in [-0.2, 0) is 13.2 Å². The van der Waals surface area contributed by atoms with Crippen LogP contribution in [0.2, 0.25) is 0 Å². The summed E-state index contributed by atoms with van der Waals surface area (Å²) in [4.78, 5) is 0. The highest BCUT2D eigenvalue weighted by Crippen LogP contribution is 2.19. The average Bonchev–Trinajstić information content (AvgIpc) is 2.54. The van der Waals surface area contributed by atoms with Gasteiger partial charge < -0.3 is 5.11 Å². The van der Waals surface area contributed by atoms with Gasteiger partial charge in [0.1, 0.15) is 0 Å². The van der Waals surface area contributed by atoms with Crippen LogP contribution in [0.1, 0.15) is 18.2 Å². The lowest BCUT2D eigenvalue weighted by Crippen LogP contribution is -2.01. The third-order valence-electron chi connectivity index (χ3n) is 2.45. The molecule has 1 heterocycles. The monoisotopic (exact) mass is 190 g/mol. The first kappa shape index (κ1) is 9.21. The number of aromatic nitrogens is 2. The summed E-state index contributed by atoms with van der Waals surface area (Å²) in [5, 5.41) is 14.7. The molecule has 3 nitrogen and oxygen atoms in total. The highest BCUT2D eigenvalue weighted by Gasteiger charge is 2.08. The molecule has 0 radical (unpaired) electrons.